The Hall–Kier alpha value is -1.57. The van der Waals surface area contributed by atoms with E-state index in [2.05, 4.69) is 10.3 Å². The minimum atomic E-state index is -0.409. The summed E-state index contributed by atoms with van der Waals surface area (Å²) < 4.78 is 6.68. The number of thioether (sulfide) groups is 1. The number of nitrogens with zero attached hydrogens (tertiary/aromatic N) is 2. The number of benzene rings is 1. The van der Waals surface area contributed by atoms with E-state index in [1.807, 2.05) is 20.8 Å². The SMILES string of the molecule is CCC(C)(C)NC(=O)C(C)Sc1nc2cc(Cl)ccc2c(=O)n1CCOC. The minimum absolute atomic E-state index is 0.0921. The van der Waals surface area contributed by atoms with Crippen molar-refractivity contribution in [2.45, 2.75) is 56.6 Å². The number of nitrogens with one attached hydrogen (secondary N) is 1. The van der Waals surface area contributed by atoms with Crippen LogP contribution in [0.3, 0.4) is 0 Å². The topological polar surface area (TPSA) is 73.2 Å². The first-order valence-electron chi connectivity index (χ1n) is 8.86. The van der Waals surface area contributed by atoms with Crippen molar-refractivity contribution in [1.29, 1.82) is 0 Å². The molecule has 6 nitrogen and oxygen atoms in total. The van der Waals surface area contributed by atoms with Gasteiger partial charge in [0.2, 0.25) is 5.91 Å². The molecule has 2 aromatic rings. The van der Waals surface area contributed by atoms with Crippen LogP contribution >= 0.6 is 23.4 Å². The molecule has 1 heterocycles. The Balaban J connectivity index is 2.40. The van der Waals surface area contributed by atoms with Gasteiger partial charge in [0.05, 0.1) is 29.3 Å². The number of carbonyl (C=O) groups is 1. The first-order valence-corrected chi connectivity index (χ1v) is 10.1. The Morgan fingerprint density at radius 3 is 2.78 bits per heavy atom. The van der Waals surface area contributed by atoms with Gasteiger partial charge in [-0.25, -0.2) is 4.98 Å². The maximum Gasteiger partial charge on any atom is 0.262 e. The largest absolute Gasteiger partial charge is 0.383 e. The van der Waals surface area contributed by atoms with Crippen LogP contribution < -0.4 is 10.9 Å². The lowest BCUT2D eigenvalue weighted by Crippen LogP contribution is -2.46. The van der Waals surface area contributed by atoms with Gasteiger partial charge in [0.15, 0.2) is 5.16 Å². The van der Waals surface area contributed by atoms with E-state index in [1.54, 1.807) is 36.8 Å². The van der Waals surface area contributed by atoms with Crippen LogP contribution in [0.1, 0.15) is 34.1 Å². The fourth-order valence-corrected chi connectivity index (χ4v) is 3.48. The van der Waals surface area contributed by atoms with Crippen molar-refractivity contribution in [1.82, 2.24) is 14.9 Å². The summed E-state index contributed by atoms with van der Waals surface area (Å²) in [5.41, 5.74) is 0.0641. The molecule has 0 aliphatic heterocycles. The van der Waals surface area contributed by atoms with Crippen molar-refractivity contribution in [2.75, 3.05) is 13.7 Å². The van der Waals surface area contributed by atoms with Crippen molar-refractivity contribution < 1.29 is 9.53 Å². The zero-order valence-corrected chi connectivity index (χ0v) is 17.9. The molecule has 0 aliphatic carbocycles. The lowest BCUT2D eigenvalue weighted by molar-refractivity contribution is -0.121. The molecule has 2 rings (SSSR count). The van der Waals surface area contributed by atoms with Gasteiger partial charge in [0.1, 0.15) is 0 Å². The maximum atomic E-state index is 12.9. The quantitative estimate of drug-likeness (QED) is 0.531. The number of rotatable bonds is 8. The standard InChI is InChI=1S/C19H26ClN3O3S/c1-6-19(3,4)22-16(24)12(2)27-18-21-15-11-13(20)7-8-14(15)17(25)23(18)9-10-26-5/h7-8,11-12H,6,9-10H2,1-5H3,(H,22,24). The number of hydrogen-bond donors (Lipinski definition) is 1. The predicted molar refractivity (Wildman–Crippen MR) is 111 cm³/mol. The van der Waals surface area contributed by atoms with E-state index in [-0.39, 0.29) is 17.0 Å². The van der Waals surface area contributed by atoms with E-state index in [0.29, 0.717) is 34.2 Å². The first kappa shape index (κ1) is 21.7. The van der Waals surface area contributed by atoms with E-state index in [9.17, 15) is 9.59 Å². The van der Waals surface area contributed by atoms with E-state index >= 15 is 0 Å². The Morgan fingerprint density at radius 2 is 2.15 bits per heavy atom. The molecule has 1 aromatic heterocycles. The number of hydrogen-bond acceptors (Lipinski definition) is 5. The first-order chi connectivity index (χ1) is 12.7. The molecule has 1 unspecified atom stereocenters. The third-order valence-electron chi connectivity index (χ3n) is 4.40. The highest BCUT2D eigenvalue weighted by molar-refractivity contribution is 8.00. The van der Waals surface area contributed by atoms with Crippen LogP contribution in [0.5, 0.6) is 0 Å². The Bertz CT molecular complexity index is 882. The third kappa shape index (κ3) is 5.46. The van der Waals surface area contributed by atoms with Gasteiger partial charge in [-0.05, 0) is 45.4 Å². The Morgan fingerprint density at radius 1 is 1.44 bits per heavy atom. The molecule has 148 valence electrons. The average Bonchev–Trinajstić information content (AvgIpc) is 2.60. The fraction of sp³-hybridized carbons (Fsp3) is 0.526. The van der Waals surface area contributed by atoms with Crippen LogP contribution in [0.25, 0.3) is 10.9 Å². The van der Waals surface area contributed by atoms with E-state index in [4.69, 9.17) is 16.3 Å². The number of ether oxygens (including phenoxy) is 1. The highest BCUT2D eigenvalue weighted by atomic mass is 35.5. The molecule has 0 bridgehead atoms. The van der Waals surface area contributed by atoms with Crippen molar-refractivity contribution in [3.8, 4) is 0 Å². The normalized spacial score (nSPS) is 13.0. The number of methoxy groups -OCH3 is 1. The van der Waals surface area contributed by atoms with Crippen LogP contribution in [0, 0.1) is 0 Å². The fourth-order valence-electron chi connectivity index (χ4n) is 2.38. The summed E-state index contributed by atoms with van der Waals surface area (Å²) in [6.07, 6.45) is 0.821. The van der Waals surface area contributed by atoms with E-state index in [0.717, 1.165) is 6.42 Å². The monoisotopic (exact) mass is 411 g/mol. The number of halogens is 1. The van der Waals surface area contributed by atoms with Crippen LogP contribution in [0.2, 0.25) is 5.02 Å². The number of amides is 1. The highest BCUT2D eigenvalue weighted by Gasteiger charge is 2.24. The molecule has 0 spiro atoms. The average molecular weight is 412 g/mol. The number of carbonyl (C=O) groups excluding carboxylic acids is 1. The molecule has 0 fully saturated rings. The summed E-state index contributed by atoms with van der Waals surface area (Å²) in [7, 11) is 1.58. The smallest absolute Gasteiger partial charge is 0.262 e. The van der Waals surface area contributed by atoms with E-state index in [1.165, 1.54) is 11.8 Å². The molecule has 1 atom stereocenters. The summed E-state index contributed by atoms with van der Waals surface area (Å²) in [4.78, 5) is 30.1. The second kappa shape index (κ2) is 9.08. The van der Waals surface area contributed by atoms with Gasteiger partial charge in [0.25, 0.3) is 5.56 Å². The van der Waals surface area contributed by atoms with Crippen molar-refractivity contribution in [3.05, 3.63) is 33.6 Å². The second-order valence-corrected chi connectivity index (χ2v) is 8.74. The summed E-state index contributed by atoms with van der Waals surface area (Å²) in [5, 5.41) is 4.09. The van der Waals surface area contributed by atoms with Gasteiger partial charge in [-0.2, -0.15) is 0 Å². The van der Waals surface area contributed by atoms with Gasteiger partial charge in [-0.1, -0.05) is 30.3 Å². The molecule has 1 N–H and O–H groups in total. The molecule has 27 heavy (non-hydrogen) atoms. The molecule has 0 saturated carbocycles. The summed E-state index contributed by atoms with van der Waals surface area (Å²) in [6, 6.07) is 5.00. The zero-order valence-electron chi connectivity index (χ0n) is 16.3. The van der Waals surface area contributed by atoms with Crippen LogP contribution in [-0.2, 0) is 16.1 Å². The van der Waals surface area contributed by atoms with Crippen molar-refractivity contribution in [2.24, 2.45) is 0 Å². The summed E-state index contributed by atoms with van der Waals surface area (Å²) >= 11 is 7.31. The molecule has 0 aliphatic rings. The maximum absolute atomic E-state index is 12.9. The highest BCUT2D eigenvalue weighted by Crippen LogP contribution is 2.24. The van der Waals surface area contributed by atoms with Gasteiger partial charge in [-0.3, -0.25) is 14.2 Å². The second-order valence-electron chi connectivity index (χ2n) is 6.99. The number of aromatic nitrogens is 2. The van der Waals surface area contributed by atoms with Gasteiger partial charge in [0, 0.05) is 17.7 Å². The molecule has 0 saturated heterocycles. The summed E-state index contributed by atoms with van der Waals surface area (Å²) in [6.45, 7) is 8.52. The van der Waals surface area contributed by atoms with Gasteiger partial charge in [-0.15, -0.1) is 0 Å². The molecule has 1 amide bonds. The van der Waals surface area contributed by atoms with Gasteiger partial charge < -0.3 is 10.1 Å². The molecular formula is C19H26ClN3O3S. The molecular weight excluding hydrogens is 386 g/mol. The van der Waals surface area contributed by atoms with Crippen LogP contribution in [0.4, 0.5) is 0 Å². The van der Waals surface area contributed by atoms with Crippen molar-refractivity contribution >= 4 is 40.2 Å². The van der Waals surface area contributed by atoms with Crippen molar-refractivity contribution in [3.63, 3.8) is 0 Å². The summed E-state index contributed by atoms with van der Waals surface area (Å²) in [5.74, 6) is -0.0921. The molecule has 0 radical (unpaired) electrons. The van der Waals surface area contributed by atoms with Crippen LogP contribution in [-0.4, -0.2) is 40.0 Å². The molecule has 1 aromatic carbocycles. The third-order valence-corrected chi connectivity index (χ3v) is 5.72. The Labute approximate surface area is 168 Å². The lowest BCUT2D eigenvalue weighted by Gasteiger charge is -2.26. The van der Waals surface area contributed by atoms with Crippen LogP contribution in [0.15, 0.2) is 28.2 Å². The predicted octanol–water partition coefficient (Wildman–Crippen LogP) is 3.48. The number of fused-ring (bicyclic) bond motifs is 1. The Kier molecular flexibility index (Phi) is 7.31. The minimum Gasteiger partial charge on any atom is -0.383 e. The van der Waals surface area contributed by atoms with Gasteiger partial charge >= 0.3 is 0 Å². The van der Waals surface area contributed by atoms with E-state index < -0.39 is 5.25 Å². The zero-order chi connectivity index (χ0) is 20.2. The molecule has 8 heteroatoms. The lowest BCUT2D eigenvalue weighted by atomic mass is 10.0.